The van der Waals surface area contributed by atoms with E-state index < -0.39 is 11.9 Å². The Hall–Kier alpha value is -2.86. The van der Waals surface area contributed by atoms with Crippen LogP contribution < -0.4 is 5.32 Å². The van der Waals surface area contributed by atoms with E-state index in [1.807, 2.05) is 30.3 Å². The zero-order valence-corrected chi connectivity index (χ0v) is 15.1. The Balaban J connectivity index is 1.97. The molecule has 0 fully saturated rings. The lowest BCUT2D eigenvalue weighted by molar-refractivity contribution is -0.170. The van der Waals surface area contributed by atoms with E-state index in [9.17, 15) is 4.79 Å². The molecule has 4 rings (SSSR count). The van der Waals surface area contributed by atoms with Gasteiger partial charge in [0.15, 0.2) is 0 Å². The maximum atomic E-state index is 15.1. The molecule has 1 heterocycles. The van der Waals surface area contributed by atoms with Crippen LogP contribution >= 0.6 is 11.8 Å². The SMILES string of the molecule is COC(=O)C(F)(F)c1c(-c2ccccc2)ccc2c1Nc1ccccc1S2. The van der Waals surface area contributed by atoms with Crippen LogP contribution in [0.4, 0.5) is 20.2 Å². The van der Waals surface area contributed by atoms with Crippen LogP contribution in [0.3, 0.4) is 0 Å². The predicted octanol–water partition coefficient (Wildman–Crippen LogP) is 5.83. The molecular formula is C21H15F2NO2S. The average molecular weight is 383 g/mol. The van der Waals surface area contributed by atoms with Gasteiger partial charge in [-0.3, -0.25) is 0 Å². The Labute approximate surface area is 159 Å². The zero-order chi connectivity index (χ0) is 19.0. The summed E-state index contributed by atoms with van der Waals surface area (Å²) in [7, 11) is 0.964. The van der Waals surface area contributed by atoms with Gasteiger partial charge in [0.25, 0.3) is 0 Å². The first kappa shape index (κ1) is 17.5. The van der Waals surface area contributed by atoms with Crippen molar-refractivity contribution in [2.24, 2.45) is 0 Å². The van der Waals surface area contributed by atoms with Crippen molar-refractivity contribution in [3.8, 4) is 11.1 Å². The van der Waals surface area contributed by atoms with Gasteiger partial charge < -0.3 is 10.1 Å². The van der Waals surface area contributed by atoms with Crippen molar-refractivity contribution >= 4 is 29.1 Å². The fourth-order valence-electron chi connectivity index (χ4n) is 3.12. The highest BCUT2D eigenvalue weighted by molar-refractivity contribution is 7.99. The van der Waals surface area contributed by atoms with Crippen LogP contribution in [0.15, 0.2) is 76.5 Å². The lowest BCUT2D eigenvalue weighted by Gasteiger charge is -2.28. The Kier molecular flexibility index (Phi) is 4.36. The first-order valence-electron chi connectivity index (χ1n) is 8.25. The molecule has 0 bridgehead atoms. The van der Waals surface area contributed by atoms with Gasteiger partial charge in [-0.05, 0) is 29.3 Å². The van der Waals surface area contributed by atoms with Gasteiger partial charge in [0.2, 0.25) is 0 Å². The second kappa shape index (κ2) is 6.70. The van der Waals surface area contributed by atoms with Gasteiger partial charge >= 0.3 is 11.9 Å². The third kappa shape index (κ3) is 2.96. The summed E-state index contributed by atoms with van der Waals surface area (Å²) in [5.74, 6) is -5.38. The van der Waals surface area contributed by atoms with Gasteiger partial charge in [-0.15, -0.1) is 0 Å². The van der Waals surface area contributed by atoms with Crippen LogP contribution in [-0.2, 0) is 15.5 Å². The molecule has 0 amide bonds. The third-order valence-corrected chi connectivity index (χ3v) is 5.51. The highest BCUT2D eigenvalue weighted by atomic mass is 32.2. The number of nitrogens with one attached hydrogen (secondary N) is 1. The molecule has 3 aromatic rings. The molecule has 3 aromatic carbocycles. The van der Waals surface area contributed by atoms with Crippen LogP contribution in [0.2, 0.25) is 0 Å². The van der Waals surface area contributed by atoms with Gasteiger partial charge in [-0.25, -0.2) is 4.79 Å². The molecule has 0 aromatic heterocycles. The minimum atomic E-state index is -3.80. The minimum absolute atomic E-state index is 0.232. The maximum Gasteiger partial charge on any atom is 0.381 e. The molecule has 0 saturated carbocycles. The highest BCUT2D eigenvalue weighted by Gasteiger charge is 2.47. The van der Waals surface area contributed by atoms with Crippen molar-refractivity contribution in [2.75, 3.05) is 12.4 Å². The second-order valence-corrected chi connectivity index (χ2v) is 7.10. The van der Waals surface area contributed by atoms with Crippen LogP contribution in [0, 0.1) is 0 Å². The quantitative estimate of drug-likeness (QED) is 0.452. The summed E-state index contributed by atoms with van der Waals surface area (Å²) in [6.45, 7) is 0. The smallest absolute Gasteiger partial charge is 0.381 e. The predicted molar refractivity (Wildman–Crippen MR) is 102 cm³/mol. The van der Waals surface area contributed by atoms with Crippen molar-refractivity contribution in [3.63, 3.8) is 0 Å². The van der Waals surface area contributed by atoms with Crippen molar-refractivity contribution in [3.05, 3.63) is 72.3 Å². The van der Waals surface area contributed by atoms with Gasteiger partial charge in [0.1, 0.15) is 0 Å². The van der Waals surface area contributed by atoms with Crippen molar-refractivity contribution in [2.45, 2.75) is 15.7 Å². The Morgan fingerprint density at radius 1 is 0.963 bits per heavy atom. The number of esters is 1. The van der Waals surface area contributed by atoms with E-state index in [1.54, 1.807) is 36.4 Å². The minimum Gasteiger partial charge on any atom is -0.464 e. The standard InChI is InChI=1S/C21H15F2NO2S/c1-26-20(25)21(22,23)18-14(13-7-3-2-4-8-13)11-12-17-19(18)24-15-9-5-6-10-16(15)27-17/h2-12,24H,1H3. The van der Waals surface area contributed by atoms with E-state index in [4.69, 9.17) is 0 Å². The van der Waals surface area contributed by atoms with Gasteiger partial charge in [0.05, 0.1) is 24.0 Å². The first-order valence-corrected chi connectivity index (χ1v) is 9.07. The molecule has 136 valence electrons. The number of para-hydroxylation sites is 1. The van der Waals surface area contributed by atoms with E-state index in [0.717, 1.165) is 17.7 Å². The van der Waals surface area contributed by atoms with Crippen LogP contribution in [-0.4, -0.2) is 13.1 Å². The van der Waals surface area contributed by atoms with Crippen molar-refractivity contribution in [1.82, 2.24) is 0 Å². The summed E-state index contributed by atoms with van der Waals surface area (Å²) in [6.07, 6.45) is 0. The van der Waals surface area contributed by atoms with E-state index >= 15 is 8.78 Å². The molecule has 0 saturated heterocycles. The first-order chi connectivity index (χ1) is 13.0. The fourth-order valence-corrected chi connectivity index (χ4v) is 4.12. The number of ether oxygens (including phenoxy) is 1. The van der Waals surface area contributed by atoms with E-state index in [0.29, 0.717) is 10.5 Å². The number of carbonyl (C=O) groups is 1. The van der Waals surface area contributed by atoms with Gasteiger partial charge in [-0.1, -0.05) is 60.3 Å². The molecule has 6 heteroatoms. The Bertz CT molecular complexity index is 1020. The summed E-state index contributed by atoms with van der Waals surface area (Å²) >= 11 is 1.39. The Morgan fingerprint density at radius 2 is 1.67 bits per heavy atom. The van der Waals surface area contributed by atoms with Crippen molar-refractivity contribution < 1.29 is 18.3 Å². The van der Waals surface area contributed by atoms with Gasteiger partial charge in [-0.2, -0.15) is 8.78 Å². The number of fused-ring (bicyclic) bond motifs is 2. The molecule has 1 N–H and O–H groups in total. The number of anilines is 2. The van der Waals surface area contributed by atoms with Crippen LogP contribution in [0.1, 0.15) is 5.56 Å². The number of benzene rings is 3. The molecular weight excluding hydrogens is 368 g/mol. The number of halogens is 2. The van der Waals surface area contributed by atoms with Crippen molar-refractivity contribution in [1.29, 1.82) is 0 Å². The lowest BCUT2D eigenvalue weighted by atomic mass is 9.93. The van der Waals surface area contributed by atoms with E-state index in [2.05, 4.69) is 10.1 Å². The number of methoxy groups -OCH3 is 1. The van der Waals surface area contributed by atoms with Gasteiger partial charge in [0, 0.05) is 9.79 Å². The molecule has 0 spiro atoms. The number of rotatable bonds is 3. The topological polar surface area (TPSA) is 38.3 Å². The zero-order valence-electron chi connectivity index (χ0n) is 14.3. The molecule has 1 aliphatic rings. The summed E-state index contributed by atoms with van der Waals surface area (Å²) in [5, 5.41) is 3.10. The third-order valence-electron chi connectivity index (χ3n) is 4.37. The molecule has 0 aliphatic carbocycles. The molecule has 0 radical (unpaired) electrons. The maximum absolute atomic E-state index is 15.1. The lowest BCUT2D eigenvalue weighted by Crippen LogP contribution is -2.29. The molecule has 0 atom stereocenters. The van der Waals surface area contributed by atoms with Crippen LogP contribution in [0.5, 0.6) is 0 Å². The summed E-state index contributed by atoms with van der Waals surface area (Å²) < 4.78 is 34.7. The second-order valence-electron chi connectivity index (χ2n) is 6.02. The Morgan fingerprint density at radius 3 is 2.41 bits per heavy atom. The largest absolute Gasteiger partial charge is 0.464 e. The molecule has 0 unspecified atom stereocenters. The number of alkyl halides is 2. The fraction of sp³-hybridized carbons (Fsp3) is 0.0952. The average Bonchev–Trinajstić information content (AvgIpc) is 2.71. The number of hydrogen-bond acceptors (Lipinski definition) is 4. The molecule has 27 heavy (non-hydrogen) atoms. The van der Waals surface area contributed by atoms with E-state index in [1.165, 1.54) is 11.8 Å². The van der Waals surface area contributed by atoms with E-state index in [-0.39, 0.29) is 16.8 Å². The molecule has 3 nitrogen and oxygen atoms in total. The van der Waals surface area contributed by atoms with Crippen LogP contribution in [0.25, 0.3) is 11.1 Å². The summed E-state index contributed by atoms with van der Waals surface area (Å²) in [4.78, 5) is 13.5. The number of hydrogen-bond donors (Lipinski definition) is 1. The monoisotopic (exact) mass is 383 g/mol. The molecule has 1 aliphatic heterocycles. The summed E-state index contributed by atoms with van der Waals surface area (Å²) in [5.41, 5.74) is 1.47. The highest BCUT2D eigenvalue weighted by Crippen LogP contribution is 2.51. The number of carbonyl (C=O) groups excluding carboxylic acids is 1. The summed E-state index contributed by atoms with van der Waals surface area (Å²) in [6, 6.07) is 19.7. The normalized spacial score (nSPS) is 12.6.